The maximum Gasteiger partial charge on any atom is 1.00 e. The van der Waals surface area contributed by atoms with Crippen molar-refractivity contribution in [3.63, 3.8) is 0 Å². The van der Waals surface area contributed by atoms with Gasteiger partial charge < -0.3 is 19.9 Å². The molecule has 0 fully saturated rings. The zero-order valence-electron chi connectivity index (χ0n) is 9.58. The number of hydrogen-bond acceptors (Lipinski definition) is 5. The summed E-state index contributed by atoms with van der Waals surface area (Å²) < 4.78 is 9.11. The Bertz CT molecular complexity index is 244. The van der Waals surface area contributed by atoms with Gasteiger partial charge >= 0.3 is 63.4 Å². The van der Waals surface area contributed by atoms with Gasteiger partial charge in [0.2, 0.25) is 0 Å². The second-order valence-electron chi connectivity index (χ2n) is 2.68. The third-order valence-electron chi connectivity index (χ3n) is 1.27. The minimum atomic E-state index is -0.697. The van der Waals surface area contributed by atoms with Crippen LogP contribution in [0.4, 0.5) is 4.79 Å². The molecule has 0 atom stereocenters. The number of nitrogens with one attached hydrogen (secondary N) is 1. The number of amides is 1. The summed E-state index contributed by atoms with van der Waals surface area (Å²) in [5.74, 6) is -0.510. The van der Waals surface area contributed by atoms with Crippen molar-refractivity contribution in [3.05, 3.63) is 12.2 Å². The Morgan fingerprint density at radius 3 is 2.44 bits per heavy atom. The second kappa shape index (κ2) is 11.6. The largest absolute Gasteiger partial charge is 1.00 e. The van der Waals surface area contributed by atoms with Crippen LogP contribution < -0.4 is 61.8 Å². The van der Waals surface area contributed by atoms with Gasteiger partial charge in [0.05, 0.1) is 13.2 Å². The van der Waals surface area contributed by atoms with Gasteiger partial charge in [-0.15, -0.1) is 6.61 Å². The Labute approximate surface area is 137 Å². The van der Waals surface area contributed by atoms with Crippen molar-refractivity contribution in [3.8, 4) is 0 Å². The Morgan fingerprint density at radius 1 is 1.31 bits per heavy atom. The molecule has 16 heavy (non-hydrogen) atoms. The van der Waals surface area contributed by atoms with Crippen LogP contribution in [0.5, 0.6) is 0 Å². The molecule has 1 amide bonds. The number of ether oxygens (including phenoxy) is 2. The number of hydrogen-bond donors (Lipinski definition) is 1. The molecule has 0 saturated heterocycles. The zero-order chi connectivity index (χ0) is 11.7. The molecular weight excluding hydrogens is 241 g/mol. The van der Waals surface area contributed by atoms with E-state index in [4.69, 9.17) is 0 Å². The van der Waals surface area contributed by atoms with Crippen LogP contribution in [0, 0.1) is 0 Å². The number of carbonyl (C=O) groups is 2. The summed E-state index contributed by atoms with van der Waals surface area (Å²) in [7, 11) is 0. The Kier molecular flexibility index (Phi) is 13.3. The minimum absolute atomic E-state index is 0. The van der Waals surface area contributed by atoms with Gasteiger partial charge in [0, 0.05) is 5.57 Å². The quantitative estimate of drug-likeness (QED) is 0.228. The third-order valence-corrected chi connectivity index (χ3v) is 1.27. The average molecular weight is 255 g/mol. The van der Waals surface area contributed by atoms with Crippen LogP contribution in [0.1, 0.15) is 6.92 Å². The molecule has 0 unspecified atom stereocenters. The fraction of sp³-hybridized carbons (Fsp3) is 0.556. The Morgan fingerprint density at radius 2 is 1.94 bits per heavy atom. The molecule has 0 saturated carbocycles. The van der Waals surface area contributed by atoms with Crippen LogP contribution in [-0.4, -0.2) is 38.4 Å². The van der Waals surface area contributed by atoms with E-state index < -0.39 is 18.7 Å². The molecule has 0 rings (SSSR count). The van der Waals surface area contributed by atoms with Gasteiger partial charge in [-0.2, -0.15) is 0 Å². The Balaban J connectivity index is 0. The molecule has 1 N–H and O–H groups in total. The van der Waals surface area contributed by atoms with Crippen LogP contribution in [0.3, 0.4) is 0 Å². The molecule has 86 valence electrons. The summed E-state index contributed by atoms with van der Waals surface area (Å²) in [5.41, 5.74) is 0.295. The first kappa shape index (κ1) is 18.4. The predicted octanol–water partition coefficient (Wildman–Crippen LogP) is -3.80. The summed E-state index contributed by atoms with van der Waals surface area (Å²) in [6, 6.07) is 0. The summed E-state index contributed by atoms with van der Waals surface area (Å²) in [6.45, 7) is 4.45. The SMILES string of the molecule is C=C(C)C(=O)OCCNC(=O)OCC[O-].[K+]. The summed E-state index contributed by atoms with van der Waals surface area (Å²) in [6.07, 6.45) is -0.697. The van der Waals surface area contributed by atoms with Crippen molar-refractivity contribution >= 4 is 12.1 Å². The monoisotopic (exact) mass is 255 g/mol. The molecule has 0 aromatic carbocycles. The van der Waals surface area contributed by atoms with E-state index in [1.165, 1.54) is 6.92 Å². The number of rotatable bonds is 6. The normalized spacial score (nSPS) is 8.62. The Hall–Kier alpha value is 0.0764. The number of esters is 1. The molecule has 0 aliphatic carbocycles. The summed E-state index contributed by atoms with van der Waals surface area (Å²) in [4.78, 5) is 21.6. The van der Waals surface area contributed by atoms with Gasteiger partial charge in [-0.1, -0.05) is 6.58 Å². The van der Waals surface area contributed by atoms with Crippen molar-refractivity contribution in [1.29, 1.82) is 0 Å². The van der Waals surface area contributed by atoms with Gasteiger partial charge in [0.15, 0.2) is 0 Å². The first-order valence-corrected chi connectivity index (χ1v) is 4.39. The van der Waals surface area contributed by atoms with Gasteiger partial charge in [-0.3, -0.25) is 0 Å². The maximum atomic E-state index is 10.9. The van der Waals surface area contributed by atoms with Gasteiger partial charge in [-0.25, -0.2) is 9.59 Å². The standard InChI is InChI=1S/C9H14NO5.K/c1-7(2)8(12)14-5-3-10-9(13)15-6-4-11;/h1,3-6H2,2H3,(H,10,13);/q-1;+1. The van der Waals surface area contributed by atoms with Gasteiger partial charge in [0.1, 0.15) is 6.61 Å². The molecule has 7 heteroatoms. The van der Waals surface area contributed by atoms with Gasteiger partial charge in [-0.05, 0) is 6.92 Å². The molecule has 0 aromatic heterocycles. The average Bonchev–Trinajstić information content (AvgIpc) is 2.20. The molecule has 0 aliphatic rings. The third kappa shape index (κ3) is 10.6. The fourth-order valence-electron chi connectivity index (χ4n) is 0.605. The van der Waals surface area contributed by atoms with E-state index in [0.717, 1.165) is 0 Å². The van der Waals surface area contributed by atoms with Crippen LogP contribution in [-0.2, 0) is 14.3 Å². The predicted molar refractivity (Wildman–Crippen MR) is 50.0 cm³/mol. The van der Waals surface area contributed by atoms with Crippen LogP contribution in [0.25, 0.3) is 0 Å². The second-order valence-corrected chi connectivity index (χ2v) is 2.68. The van der Waals surface area contributed by atoms with E-state index in [-0.39, 0.29) is 71.1 Å². The van der Waals surface area contributed by atoms with E-state index in [9.17, 15) is 14.7 Å². The molecule has 0 bridgehead atoms. The van der Waals surface area contributed by atoms with E-state index in [1.807, 2.05) is 0 Å². The number of carbonyl (C=O) groups excluding carboxylic acids is 2. The van der Waals surface area contributed by atoms with Crippen LogP contribution in [0.2, 0.25) is 0 Å². The van der Waals surface area contributed by atoms with Gasteiger partial charge in [0.25, 0.3) is 0 Å². The molecule has 0 aliphatic heterocycles. The van der Waals surface area contributed by atoms with Crippen molar-refractivity contribution < 1.29 is 75.6 Å². The molecule has 0 radical (unpaired) electrons. The molecule has 0 aromatic rings. The topological polar surface area (TPSA) is 87.7 Å². The molecule has 0 spiro atoms. The van der Waals surface area contributed by atoms with E-state index >= 15 is 0 Å². The number of alkyl carbamates (subject to hydrolysis) is 1. The van der Waals surface area contributed by atoms with Crippen molar-refractivity contribution in [2.75, 3.05) is 26.4 Å². The van der Waals surface area contributed by atoms with Crippen molar-refractivity contribution in [1.82, 2.24) is 5.32 Å². The van der Waals surface area contributed by atoms with E-state index in [0.29, 0.717) is 5.57 Å². The summed E-state index contributed by atoms with van der Waals surface area (Å²) >= 11 is 0. The molecular formula is C9H14KNO5. The minimum Gasteiger partial charge on any atom is -0.852 e. The van der Waals surface area contributed by atoms with Crippen molar-refractivity contribution in [2.45, 2.75) is 6.92 Å². The fourth-order valence-corrected chi connectivity index (χ4v) is 0.605. The van der Waals surface area contributed by atoms with Crippen LogP contribution >= 0.6 is 0 Å². The molecule has 6 nitrogen and oxygen atoms in total. The van der Waals surface area contributed by atoms with Crippen LogP contribution in [0.15, 0.2) is 12.2 Å². The van der Waals surface area contributed by atoms with Crippen molar-refractivity contribution in [2.24, 2.45) is 0 Å². The summed E-state index contributed by atoms with van der Waals surface area (Å²) in [5, 5.41) is 12.2. The zero-order valence-corrected chi connectivity index (χ0v) is 12.7. The first-order valence-electron chi connectivity index (χ1n) is 4.39. The smallest absolute Gasteiger partial charge is 0.852 e. The van der Waals surface area contributed by atoms with E-state index in [1.54, 1.807) is 0 Å². The first-order chi connectivity index (χ1) is 7.07. The van der Waals surface area contributed by atoms with E-state index in [2.05, 4.69) is 21.4 Å². The molecule has 0 heterocycles. The maximum absolute atomic E-state index is 10.9.